The van der Waals surface area contributed by atoms with E-state index in [9.17, 15) is 0 Å². The molecule has 0 atom stereocenters. The predicted molar refractivity (Wildman–Crippen MR) is 218 cm³/mol. The van der Waals surface area contributed by atoms with E-state index in [4.69, 9.17) is 14.4 Å². The van der Waals surface area contributed by atoms with Gasteiger partial charge in [-0.2, -0.15) is 0 Å². The third-order valence-corrected chi connectivity index (χ3v) is 10.9. The van der Waals surface area contributed by atoms with Crippen molar-refractivity contribution in [1.29, 1.82) is 0 Å². The van der Waals surface area contributed by atoms with Gasteiger partial charge in [0, 0.05) is 54.7 Å². The number of aromatic nitrogens is 4. The molecule has 0 saturated heterocycles. The average molecular weight is 677 g/mol. The van der Waals surface area contributed by atoms with Gasteiger partial charge in [-0.3, -0.25) is 4.57 Å². The lowest BCUT2D eigenvalue weighted by molar-refractivity contribution is 0.669. The fraction of sp³-hybridized carbons (Fsp3) is 0. The summed E-state index contributed by atoms with van der Waals surface area (Å²) in [7, 11) is 0. The van der Waals surface area contributed by atoms with Gasteiger partial charge in [-0.1, -0.05) is 121 Å². The smallest absolute Gasteiger partial charge is 0.235 e. The third kappa shape index (κ3) is 3.96. The quantitative estimate of drug-likeness (QED) is 0.187. The molecule has 246 valence electrons. The fourth-order valence-electron chi connectivity index (χ4n) is 8.64. The molecule has 53 heavy (non-hydrogen) atoms. The number of hydrogen-bond acceptors (Lipinski definition) is 3. The number of para-hydroxylation sites is 3. The lowest BCUT2D eigenvalue weighted by Gasteiger charge is -2.12. The average Bonchev–Trinajstić information content (AvgIpc) is 3.86. The van der Waals surface area contributed by atoms with Gasteiger partial charge in [0.15, 0.2) is 0 Å². The van der Waals surface area contributed by atoms with Crippen molar-refractivity contribution in [2.24, 2.45) is 0 Å². The molecule has 0 bridgehead atoms. The van der Waals surface area contributed by atoms with Crippen molar-refractivity contribution in [2.75, 3.05) is 0 Å². The molecule has 0 spiro atoms. The Morgan fingerprint density at radius 1 is 0.396 bits per heavy atom. The van der Waals surface area contributed by atoms with Gasteiger partial charge in [0.2, 0.25) is 5.95 Å². The minimum atomic E-state index is 0.621. The van der Waals surface area contributed by atoms with Crippen molar-refractivity contribution in [3.8, 4) is 22.9 Å². The Labute approximate surface area is 302 Å². The van der Waals surface area contributed by atoms with Gasteiger partial charge in [-0.05, 0) is 47.9 Å². The number of hydrogen-bond donors (Lipinski definition) is 0. The van der Waals surface area contributed by atoms with E-state index >= 15 is 0 Å². The first-order chi connectivity index (χ1) is 26.3. The van der Waals surface area contributed by atoms with Gasteiger partial charge in [0.1, 0.15) is 11.2 Å². The second kappa shape index (κ2) is 10.6. The molecule has 0 aliphatic rings. The first kappa shape index (κ1) is 28.5. The van der Waals surface area contributed by atoms with E-state index in [1.165, 1.54) is 21.5 Å². The van der Waals surface area contributed by atoms with Crippen molar-refractivity contribution in [2.45, 2.75) is 0 Å². The molecule has 12 aromatic rings. The highest BCUT2D eigenvalue weighted by molar-refractivity contribution is 6.30. The molecule has 8 aromatic carbocycles. The Balaban J connectivity index is 1.28. The molecule has 0 radical (unpaired) electrons. The predicted octanol–water partition coefficient (Wildman–Crippen LogP) is 12.5. The van der Waals surface area contributed by atoms with Gasteiger partial charge < -0.3 is 8.98 Å². The Hall–Kier alpha value is -7.24. The standard InChI is InChI=1S/C48H28N4O/c1-2-14-30(15-3-1)47-33-19-6-9-21-37(33)49-48(50-47)52-41-26-25-40-45(46(41)36-27-35-32-18-8-11-24-43(32)53-44(35)28-42(36)52)34-20-7-10-22-39(34)51(40)38-23-12-16-29-13-4-5-17-31(29)38/h1-28H. The summed E-state index contributed by atoms with van der Waals surface area (Å²) in [5.74, 6) is 0.621. The van der Waals surface area contributed by atoms with Crippen molar-refractivity contribution in [1.82, 2.24) is 19.1 Å². The lowest BCUT2D eigenvalue weighted by atomic mass is 10.0. The Morgan fingerprint density at radius 3 is 1.96 bits per heavy atom. The van der Waals surface area contributed by atoms with Gasteiger partial charge in [-0.25, -0.2) is 9.97 Å². The van der Waals surface area contributed by atoms with E-state index in [1.807, 2.05) is 24.3 Å². The fourth-order valence-corrected chi connectivity index (χ4v) is 8.64. The minimum Gasteiger partial charge on any atom is -0.456 e. The summed E-state index contributed by atoms with van der Waals surface area (Å²) in [4.78, 5) is 10.7. The van der Waals surface area contributed by atoms with Crippen molar-refractivity contribution in [3.63, 3.8) is 0 Å². The number of benzene rings is 8. The van der Waals surface area contributed by atoms with E-state index in [-0.39, 0.29) is 0 Å². The van der Waals surface area contributed by atoms with Crippen molar-refractivity contribution in [3.05, 3.63) is 170 Å². The van der Waals surface area contributed by atoms with Crippen LogP contribution in [0.5, 0.6) is 0 Å². The van der Waals surface area contributed by atoms with Gasteiger partial charge in [0.25, 0.3) is 0 Å². The van der Waals surface area contributed by atoms with Crippen LogP contribution in [0.15, 0.2) is 174 Å². The second-order valence-corrected chi connectivity index (χ2v) is 13.8. The van der Waals surface area contributed by atoms with Crippen LogP contribution in [-0.4, -0.2) is 19.1 Å². The molecule has 4 aromatic heterocycles. The molecule has 5 heteroatoms. The van der Waals surface area contributed by atoms with Crippen molar-refractivity contribution >= 4 is 87.2 Å². The van der Waals surface area contributed by atoms with Crippen molar-refractivity contribution < 1.29 is 4.42 Å². The van der Waals surface area contributed by atoms with E-state index in [0.29, 0.717) is 5.95 Å². The molecule has 0 N–H and O–H groups in total. The largest absolute Gasteiger partial charge is 0.456 e. The van der Waals surface area contributed by atoms with E-state index in [0.717, 1.165) is 82.6 Å². The molecular weight excluding hydrogens is 649 g/mol. The summed E-state index contributed by atoms with van der Waals surface area (Å²) in [6.07, 6.45) is 0. The normalized spacial score (nSPS) is 12.2. The van der Waals surface area contributed by atoms with Crippen LogP contribution in [0.1, 0.15) is 0 Å². The number of nitrogens with zero attached hydrogens (tertiary/aromatic N) is 4. The number of furan rings is 1. The zero-order valence-corrected chi connectivity index (χ0v) is 28.4. The zero-order valence-electron chi connectivity index (χ0n) is 28.4. The SMILES string of the molecule is c1ccc(-c2nc(-n3c4cc5oc6ccccc6c5cc4c4c5c6ccccc6n(-c6cccc7ccccc67)c5ccc43)nc3ccccc23)cc1. The monoisotopic (exact) mass is 676 g/mol. The molecule has 0 aliphatic carbocycles. The van der Waals surface area contributed by atoms with E-state index in [1.54, 1.807) is 0 Å². The van der Waals surface area contributed by atoms with Gasteiger partial charge in [-0.15, -0.1) is 0 Å². The molecule has 0 aliphatic heterocycles. The van der Waals surface area contributed by atoms with Crippen LogP contribution in [0.3, 0.4) is 0 Å². The first-order valence-corrected chi connectivity index (χ1v) is 17.9. The summed E-state index contributed by atoms with van der Waals surface area (Å²) in [6, 6.07) is 60.0. The summed E-state index contributed by atoms with van der Waals surface area (Å²) in [5, 5.41) is 10.3. The van der Waals surface area contributed by atoms with Crippen LogP contribution < -0.4 is 0 Å². The second-order valence-electron chi connectivity index (χ2n) is 13.8. The summed E-state index contributed by atoms with van der Waals surface area (Å²) in [6.45, 7) is 0. The summed E-state index contributed by atoms with van der Waals surface area (Å²) >= 11 is 0. The molecule has 0 fully saturated rings. The molecule has 4 heterocycles. The first-order valence-electron chi connectivity index (χ1n) is 17.9. The highest BCUT2D eigenvalue weighted by Gasteiger charge is 2.24. The highest BCUT2D eigenvalue weighted by Crippen LogP contribution is 2.45. The maximum atomic E-state index is 6.51. The third-order valence-electron chi connectivity index (χ3n) is 10.9. The molecular formula is C48H28N4O. The van der Waals surface area contributed by atoms with Crippen LogP contribution in [0.2, 0.25) is 0 Å². The van der Waals surface area contributed by atoms with Gasteiger partial charge in [0.05, 0.1) is 39.0 Å². The topological polar surface area (TPSA) is 48.8 Å². The highest BCUT2D eigenvalue weighted by atomic mass is 16.3. The van der Waals surface area contributed by atoms with E-state index < -0.39 is 0 Å². The van der Waals surface area contributed by atoms with E-state index in [2.05, 4.69) is 155 Å². The molecule has 0 saturated carbocycles. The number of rotatable bonds is 3. The van der Waals surface area contributed by atoms with Crippen LogP contribution in [0.25, 0.3) is 110 Å². The zero-order chi connectivity index (χ0) is 34.6. The Morgan fingerprint density at radius 2 is 1.08 bits per heavy atom. The van der Waals surface area contributed by atoms with Crippen LogP contribution >= 0.6 is 0 Å². The summed E-state index contributed by atoms with van der Waals surface area (Å²) in [5.41, 5.74) is 10.1. The molecule has 0 amide bonds. The maximum absolute atomic E-state index is 6.51. The Kier molecular flexibility index (Phi) is 5.71. The maximum Gasteiger partial charge on any atom is 0.235 e. The summed E-state index contributed by atoms with van der Waals surface area (Å²) < 4.78 is 11.2. The molecule has 12 rings (SSSR count). The molecule has 5 nitrogen and oxygen atoms in total. The minimum absolute atomic E-state index is 0.621. The number of fused-ring (bicyclic) bond motifs is 12. The van der Waals surface area contributed by atoms with Crippen LogP contribution in [0, 0.1) is 0 Å². The lowest BCUT2D eigenvalue weighted by Crippen LogP contribution is -2.03. The molecule has 0 unspecified atom stereocenters. The van der Waals surface area contributed by atoms with Gasteiger partial charge >= 0.3 is 0 Å². The van der Waals surface area contributed by atoms with Crippen LogP contribution in [0.4, 0.5) is 0 Å². The van der Waals surface area contributed by atoms with Crippen LogP contribution in [-0.2, 0) is 0 Å². The Bertz CT molecular complexity index is 3450.